The van der Waals surface area contributed by atoms with Crippen LogP contribution in [-0.4, -0.2) is 0 Å². The minimum Gasteiger partial charge on any atom is -2.00 e. The first-order valence-electron chi connectivity index (χ1n) is 0. The Bertz CT molecular complexity index is 6.00. The van der Waals surface area contributed by atoms with Crippen molar-refractivity contribution in [3.8, 4) is 0 Å². The normalized spacial score (nSPS) is 0. The van der Waals surface area contributed by atoms with Crippen molar-refractivity contribution in [1.29, 1.82) is 0 Å². The van der Waals surface area contributed by atoms with Crippen molar-refractivity contribution in [2.45, 2.75) is 0 Å². The summed E-state index contributed by atoms with van der Waals surface area (Å²) in [5.74, 6) is 0. The van der Waals surface area contributed by atoms with Crippen LogP contribution < -0.4 is 18.9 Å². The van der Waals surface area contributed by atoms with Crippen molar-refractivity contribution < 1.29 is 54.5 Å². The molecule has 0 aliphatic heterocycles. The fourth-order valence-corrected chi connectivity index (χ4v) is 0. The van der Waals surface area contributed by atoms with E-state index in [2.05, 4.69) is 0 Å². The SMILES string of the molecule is [La+3].[Li+].[S-2].[S-2]. The zero-order chi connectivity index (χ0) is 0. The Morgan fingerprint density at radius 2 is 0.750 bits per heavy atom. The summed E-state index contributed by atoms with van der Waals surface area (Å²) >= 11 is 0. The molecule has 0 nitrogen and oxygen atoms in total. The average Bonchev–Trinajstić information content (AvgIpc) is 0. The summed E-state index contributed by atoms with van der Waals surface area (Å²) in [6, 6.07) is 0. The Morgan fingerprint density at radius 3 is 0.750 bits per heavy atom. The van der Waals surface area contributed by atoms with Crippen LogP contribution in [0.25, 0.3) is 0 Å². The van der Waals surface area contributed by atoms with E-state index in [1.54, 1.807) is 0 Å². The molecule has 0 saturated carbocycles. The molecule has 16 valence electrons. The van der Waals surface area contributed by atoms with Gasteiger partial charge in [-0.3, -0.25) is 0 Å². The van der Waals surface area contributed by atoms with Crippen LogP contribution in [0.2, 0.25) is 0 Å². The van der Waals surface area contributed by atoms with E-state index in [1.807, 2.05) is 0 Å². The molecule has 0 rings (SSSR count). The molecule has 0 atom stereocenters. The van der Waals surface area contributed by atoms with E-state index >= 15 is 0 Å². The third-order valence-corrected chi connectivity index (χ3v) is 0. The van der Waals surface area contributed by atoms with Gasteiger partial charge in [-0.1, -0.05) is 0 Å². The molecular formula is LaLiS2. The summed E-state index contributed by atoms with van der Waals surface area (Å²) in [6.45, 7) is 0. The second-order valence-electron chi connectivity index (χ2n) is 0. The van der Waals surface area contributed by atoms with Crippen molar-refractivity contribution in [1.82, 2.24) is 0 Å². The van der Waals surface area contributed by atoms with Crippen LogP contribution in [0.3, 0.4) is 0 Å². The van der Waals surface area contributed by atoms with Crippen LogP contribution >= 0.6 is 0 Å². The van der Waals surface area contributed by atoms with Crippen molar-refractivity contribution in [3.05, 3.63) is 0 Å². The van der Waals surface area contributed by atoms with Gasteiger partial charge in [-0.2, -0.15) is 0 Å². The Labute approximate surface area is 80.2 Å². The van der Waals surface area contributed by atoms with Crippen molar-refractivity contribution in [2.24, 2.45) is 0 Å². The molecule has 0 aromatic rings. The number of hydrogen-bond acceptors (Lipinski definition) is 0. The van der Waals surface area contributed by atoms with Gasteiger partial charge >= 0.3 is 54.5 Å². The van der Waals surface area contributed by atoms with Gasteiger partial charge in [0.1, 0.15) is 0 Å². The van der Waals surface area contributed by atoms with Gasteiger partial charge in [-0.25, -0.2) is 0 Å². The van der Waals surface area contributed by atoms with Crippen molar-refractivity contribution in [3.63, 3.8) is 0 Å². The smallest absolute Gasteiger partial charge is 2.00 e. The summed E-state index contributed by atoms with van der Waals surface area (Å²) in [5, 5.41) is 0. The third-order valence-electron chi connectivity index (χ3n) is 0. The summed E-state index contributed by atoms with van der Waals surface area (Å²) in [5.41, 5.74) is 0. The van der Waals surface area contributed by atoms with Crippen LogP contribution in [0.15, 0.2) is 0 Å². The predicted molar refractivity (Wildman–Crippen MR) is 14.7 cm³/mol. The summed E-state index contributed by atoms with van der Waals surface area (Å²) in [6.07, 6.45) is 0. The minimum atomic E-state index is 0. The number of rotatable bonds is 0. The zero-order valence-corrected chi connectivity index (χ0v) is 7.65. The fraction of sp³-hybridized carbons (Fsp3) is 0. The topological polar surface area (TPSA) is 0 Å². The van der Waals surface area contributed by atoms with Gasteiger partial charge in [0, 0.05) is 0 Å². The largest absolute Gasteiger partial charge is 3.00 e. The third kappa shape index (κ3) is 8.82. The van der Waals surface area contributed by atoms with E-state index < -0.39 is 0 Å². The maximum Gasteiger partial charge on any atom is 3.00 e. The molecule has 0 radical (unpaired) electrons. The maximum atomic E-state index is 0. The molecule has 0 aromatic carbocycles. The molecule has 0 saturated heterocycles. The molecule has 0 aromatic heterocycles. The van der Waals surface area contributed by atoms with Gasteiger partial charge in [0.05, 0.1) is 0 Å². The standard InChI is InChI=1S/La.Li.2S/q+3;+1;2*-2. The summed E-state index contributed by atoms with van der Waals surface area (Å²) in [7, 11) is 0. The molecule has 0 spiro atoms. The molecule has 0 amide bonds. The molecule has 0 aliphatic carbocycles. The van der Waals surface area contributed by atoms with Crippen LogP contribution in [-0.2, 0) is 27.0 Å². The molecule has 0 unspecified atom stereocenters. The first-order chi connectivity index (χ1) is 0. The molecule has 0 N–H and O–H groups in total. The first-order valence-corrected chi connectivity index (χ1v) is 0. The average molecular weight is 210 g/mol. The molecule has 0 fully saturated rings. The van der Waals surface area contributed by atoms with E-state index in [0.29, 0.717) is 0 Å². The summed E-state index contributed by atoms with van der Waals surface area (Å²) in [4.78, 5) is 0. The van der Waals surface area contributed by atoms with Crippen LogP contribution in [0, 0.1) is 35.6 Å². The van der Waals surface area contributed by atoms with Crippen LogP contribution in [0.5, 0.6) is 0 Å². The minimum absolute atomic E-state index is 0. The van der Waals surface area contributed by atoms with Crippen molar-refractivity contribution in [2.75, 3.05) is 0 Å². The van der Waals surface area contributed by atoms with E-state index in [4.69, 9.17) is 0 Å². The Morgan fingerprint density at radius 1 is 0.750 bits per heavy atom. The van der Waals surface area contributed by atoms with Gasteiger partial charge in [0.2, 0.25) is 0 Å². The van der Waals surface area contributed by atoms with Crippen LogP contribution in [0.1, 0.15) is 0 Å². The van der Waals surface area contributed by atoms with Gasteiger partial charge in [-0.15, -0.1) is 0 Å². The van der Waals surface area contributed by atoms with E-state index in [9.17, 15) is 0 Å². The van der Waals surface area contributed by atoms with Gasteiger partial charge in [0.15, 0.2) is 0 Å². The Kier molecular flexibility index (Phi) is 141. The zero-order valence-electron chi connectivity index (χ0n) is 2.39. The van der Waals surface area contributed by atoms with E-state index in [-0.39, 0.29) is 81.5 Å². The Balaban J connectivity index is 0. The first kappa shape index (κ1) is 31.5. The quantitative estimate of drug-likeness (QED) is 0.374. The monoisotopic (exact) mass is 210 g/mol. The van der Waals surface area contributed by atoms with Crippen molar-refractivity contribution >= 4 is 27.0 Å². The van der Waals surface area contributed by atoms with Crippen LogP contribution in [0.4, 0.5) is 0 Å². The molecule has 0 aliphatic rings. The predicted octanol–water partition coefficient (Wildman–Crippen LogP) is -3.00. The second kappa shape index (κ2) is 17.8. The molecule has 0 bridgehead atoms. The van der Waals surface area contributed by atoms with Gasteiger partial charge < -0.3 is 27.0 Å². The maximum absolute atomic E-state index is 0. The fourth-order valence-electron chi connectivity index (χ4n) is 0. The summed E-state index contributed by atoms with van der Waals surface area (Å²) < 4.78 is 0. The molecule has 0 heterocycles. The molecule has 4 heavy (non-hydrogen) atoms. The van der Waals surface area contributed by atoms with Gasteiger partial charge in [0.25, 0.3) is 0 Å². The Hall–Kier alpha value is 2.49. The van der Waals surface area contributed by atoms with Gasteiger partial charge in [-0.05, 0) is 0 Å². The second-order valence-corrected chi connectivity index (χ2v) is 0. The molecular weight excluding hydrogens is 210 g/mol. The van der Waals surface area contributed by atoms with E-state index in [1.165, 1.54) is 0 Å². The van der Waals surface area contributed by atoms with E-state index in [0.717, 1.165) is 0 Å². The number of hydrogen-bond donors (Lipinski definition) is 0. The molecule has 4 heteroatoms.